The number of hydrogen-bond acceptors (Lipinski definition) is 4. The lowest BCUT2D eigenvalue weighted by molar-refractivity contribution is 0.501. The zero-order valence-electron chi connectivity index (χ0n) is 9.29. The standard InChI is InChI=1S/C10H17IN4O/c1-2-7(3-4-12)5-13-9-8(11)10(16)15-6-14-9/h6-7H,2-5,12H2,1H3,(H2,13,14,15,16). The summed E-state index contributed by atoms with van der Waals surface area (Å²) in [4.78, 5) is 17.9. The fourth-order valence-electron chi connectivity index (χ4n) is 1.43. The van der Waals surface area contributed by atoms with Crippen molar-refractivity contribution in [2.24, 2.45) is 11.7 Å². The predicted octanol–water partition coefficient (Wildman–Crippen LogP) is 1.16. The first kappa shape index (κ1) is 13.4. The Kier molecular flexibility index (Phi) is 5.75. The highest BCUT2D eigenvalue weighted by Crippen LogP contribution is 2.12. The Labute approximate surface area is 108 Å². The van der Waals surface area contributed by atoms with Gasteiger partial charge in [-0.1, -0.05) is 13.3 Å². The first-order valence-electron chi connectivity index (χ1n) is 5.36. The second-order valence-electron chi connectivity index (χ2n) is 3.63. The van der Waals surface area contributed by atoms with Crippen LogP contribution in [0.2, 0.25) is 0 Å². The predicted molar refractivity (Wildman–Crippen MR) is 73.5 cm³/mol. The van der Waals surface area contributed by atoms with Crippen molar-refractivity contribution in [3.05, 3.63) is 20.3 Å². The summed E-state index contributed by atoms with van der Waals surface area (Å²) in [6.07, 6.45) is 3.48. The van der Waals surface area contributed by atoms with E-state index in [9.17, 15) is 4.79 Å². The van der Waals surface area contributed by atoms with Gasteiger partial charge in [0.15, 0.2) is 0 Å². The van der Waals surface area contributed by atoms with Gasteiger partial charge < -0.3 is 16.0 Å². The van der Waals surface area contributed by atoms with Crippen LogP contribution in [0.25, 0.3) is 0 Å². The topological polar surface area (TPSA) is 83.8 Å². The maximum Gasteiger partial charge on any atom is 0.266 e. The lowest BCUT2D eigenvalue weighted by atomic mass is 10.0. The SMILES string of the molecule is CCC(CCN)CNc1nc[nH]c(=O)c1I. The molecule has 0 aromatic carbocycles. The van der Waals surface area contributed by atoms with Gasteiger partial charge in [-0.15, -0.1) is 0 Å². The van der Waals surface area contributed by atoms with Crippen LogP contribution in [0, 0.1) is 9.49 Å². The molecule has 0 bridgehead atoms. The number of halogens is 1. The number of nitrogens with zero attached hydrogens (tertiary/aromatic N) is 1. The summed E-state index contributed by atoms with van der Waals surface area (Å²) in [5.74, 6) is 1.18. The van der Waals surface area contributed by atoms with Gasteiger partial charge in [-0.05, 0) is 41.5 Å². The van der Waals surface area contributed by atoms with Gasteiger partial charge >= 0.3 is 0 Å². The van der Waals surface area contributed by atoms with Gasteiger partial charge in [0, 0.05) is 6.54 Å². The van der Waals surface area contributed by atoms with E-state index in [2.05, 4.69) is 22.2 Å². The molecule has 1 atom stereocenters. The van der Waals surface area contributed by atoms with E-state index in [-0.39, 0.29) is 5.56 Å². The molecule has 0 aliphatic heterocycles. The third-order valence-electron chi connectivity index (χ3n) is 2.51. The summed E-state index contributed by atoms with van der Waals surface area (Å²) in [6, 6.07) is 0. The van der Waals surface area contributed by atoms with Crippen LogP contribution in [0.4, 0.5) is 5.82 Å². The van der Waals surface area contributed by atoms with Gasteiger partial charge in [-0.25, -0.2) is 4.98 Å². The molecule has 90 valence electrons. The summed E-state index contributed by atoms with van der Waals surface area (Å²) in [7, 11) is 0. The van der Waals surface area contributed by atoms with Gasteiger partial charge in [-0.2, -0.15) is 0 Å². The minimum Gasteiger partial charge on any atom is -0.369 e. The summed E-state index contributed by atoms with van der Waals surface area (Å²) < 4.78 is 0.600. The van der Waals surface area contributed by atoms with Gasteiger partial charge in [0.1, 0.15) is 9.39 Å². The molecule has 5 nitrogen and oxygen atoms in total. The summed E-state index contributed by atoms with van der Waals surface area (Å²) in [5, 5.41) is 3.20. The Bertz CT molecular complexity index is 379. The van der Waals surface area contributed by atoms with Crippen molar-refractivity contribution in [3.63, 3.8) is 0 Å². The molecule has 16 heavy (non-hydrogen) atoms. The molecule has 6 heteroatoms. The maximum absolute atomic E-state index is 11.3. The summed E-state index contributed by atoms with van der Waals surface area (Å²) >= 11 is 1.99. The highest BCUT2D eigenvalue weighted by molar-refractivity contribution is 14.1. The van der Waals surface area contributed by atoms with E-state index in [1.54, 1.807) is 0 Å². The molecule has 0 amide bonds. The molecule has 0 fully saturated rings. The number of aromatic amines is 1. The van der Waals surface area contributed by atoms with E-state index < -0.39 is 0 Å². The Morgan fingerprint density at radius 2 is 2.44 bits per heavy atom. The van der Waals surface area contributed by atoms with Crippen molar-refractivity contribution in [1.29, 1.82) is 0 Å². The molecular weight excluding hydrogens is 319 g/mol. The zero-order chi connectivity index (χ0) is 12.0. The average molecular weight is 336 g/mol. The van der Waals surface area contributed by atoms with Crippen molar-refractivity contribution in [2.75, 3.05) is 18.4 Å². The van der Waals surface area contributed by atoms with Crippen LogP contribution in [0.1, 0.15) is 19.8 Å². The lowest BCUT2D eigenvalue weighted by Crippen LogP contribution is -2.21. The van der Waals surface area contributed by atoms with Gasteiger partial charge in [-0.3, -0.25) is 4.79 Å². The van der Waals surface area contributed by atoms with Crippen molar-refractivity contribution >= 4 is 28.4 Å². The van der Waals surface area contributed by atoms with Crippen LogP contribution in [0.5, 0.6) is 0 Å². The van der Waals surface area contributed by atoms with Crippen LogP contribution in [-0.2, 0) is 0 Å². The number of rotatable bonds is 6. The summed E-state index contributed by atoms with van der Waals surface area (Å²) in [5.41, 5.74) is 5.42. The molecule has 1 aromatic heterocycles. The normalized spacial score (nSPS) is 12.4. The van der Waals surface area contributed by atoms with E-state index in [0.717, 1.165) is 19.4 Å². The van der Waals surface area contributed by atoms with E-state index in [1.165, 1.54) is 6.33 Å². The minimum atomic E-state index is -0.107. The maximum atomic E-state index is 11.3. The zero-order valence-corrected chi connectivity index (χ0v) is 11.5. The largest absolute Gasteiger partial charge is 0.369 e. The van der Waals surface area contributed by atoms with E-state index >= 15 is 0 Å². The van der Waals surface area contributed by atoms with Crippen LogP contribution in [-0.4, -0.2) is 23.1 Å². The number of anilines is 1. The van der Waals surface area contributed by atoms with Crippen molar-refractivity contribution in [1.82, 2.24) is 9.97 Å². The number of aromatic nitrogens is 2. The van der Waals surface area contributed by atoms with Crippen LogP contribution in [0.3, 0.4) is 0 Å². The molecule has 1 rings (SSSR count). The van der Waals surface area contributed by atoms with Crippen molar-refractivity contribution < 1.29 is 0 Å². The molecule has 1 unspecified atom stereocenters. The minimum absolute atomic E-state index is 0.107. The molecule has 4 N–H and O–H groups in total. The smallest absolute Gasteiger partial charge is 0.266 e. The summed E-state index contributed by atoms with van der Waals surface area (Å²) in [6.45, 7) is 3.64. The third kappa shape index (κ3) is 3.75. The van der Waals surface area contributed by atoms with Crippen LogP contribution >= 0.6 is 22.6 Å². The Hall–Kier alpha value is -0.630. The quantitative estimate of drug-likeness (QED) is 0.681. The van der Waals surface area contributed by atoms with Gasteiger partial charge in [0.05, 0.1) is 6.33 Å². The van der Waals surface area contributed by atoms with Crippen molar-refractivity contribution in [2.45, 2.75) is 19.8 Å². The lowest BCUT2D eigenvalue weighted by Gasteiger charge is -2.15. The van der Waals surface area contributed by atoms with Gasteiger partial charge in [0.25, 0.3) is 5.56 Å². The monoisotopic (exact) mass is 336 g/mol. The molecule has 1 aromatic rings. The van der Waals surface area contributed by atoms with Crippen molar-refractivity contribution in [3.8, 4) is 0 Å². The molecule has 0 radical (unpaired) electrons. The molecule has 0 saturated carbocycles. The van der Waals surface area contributed by atoms with Gasteiger partial charge in [0.2, 0.25) is 0 Å². The number of hydrogen-bond donors (Lipinski definition) is 3. The number of nitrogens with two attached hydrogens (primary N) is 1. The second kappa shape index (κ2) is 6.85. The molecular formula is C10H17IN4O. The molecule has 0 aliphatic carbocycles. The third-order valence-corrected chi connectivity index (χ3v) is 3.51. The second-order valence-corrected chi connectivity index (χ2v) is 4.71. The first-order valence-corrected chi connectivity index (χ1v) is 6.44. The molecule has 1 heterocycles. The van der Waals surface area contributed by atoms with Crippen LogP contribution in [0.15, 0.2) is 11.1 Å². The molecule has 0 spiro atoms. The van der Waals surface area contributed by atoms with E-state index in [0.29, 0.717) is 21.9 Å². The number of nitrogens with one attached hydrogen (secondary N) is 2. The van der Waals surface area contributed by atoms with Crippen LogP contribution < -0.4 is 16.6 Å². The van der Waals surface area contributed by atoms with E-state index in [1.807, 2.05) is 22.6 Å². The number of H-pyrrole nitrogens is 1. The fourth-order valence-corrected chi connectivity index (χ4v) is 1.92. The molecule has 0 saturated heterocycles. The average Bonchev–Trinajstić information content (AvgIpc) is 2.29. The fraction of sp³-hybridized carbons (Fsp3) is 0.600. The first-order chi connectivity index (χ1) is 7.69. The highest BCUT2D eigenvalue weighted by Gasteiger charge is 2.08. The Balaban J connectivity index is 2.60. The highest BCUT2D eigenvalue weighted by atomic mass is 127. The Morgan fingerprint density at radius 3 is 3.06 bits per heavy atom. The van der Waals surface area contributed by atoms with E-state index in [4.69, 9.17) is 5.73 Å². The molecule has 0 aliphatic rings. The Morgan fingerprint density at radius 1 is 1.69 bits per heavy atom.